The van der Waals surface area contributed by atoms with Gasteiger partial charge in [0.15, 0.2) is 0 Å². The van der Waals surface area contributed by atoms with E-state index >= 15 is 0 Å². The summed E-state index contributed by atoms with van der Waals surface area (Å²) in [5.74, 6) is -0.246. The van der Waals surface area contributed by atoms with Gasteiger partial charge in [0.2, 0.25) is 10.0 Å². The molecule has 0 aliphatic carbocycles. The van der Waals surface area contributed by atoms with Crippen molar-refractivity contribution in [1.29, 1.82) is 0 Å². The zero-order valence-corrected chi connectivity index (χ0v) is 12.7. The van der Waals surface area contributed by atoms with Crippen molar-refractivity contribution in [2.75, 3.05) is 5.73 Å². The molecule has 7 nitrogen and oxygen atoms in total. The number of halogens is 2. The molecule has 0 bridgehead atoms. The summed E-state index contributed by atoms with van der Waals surface area (Å²) in [5, 5.41) is 7.39. The summed E-state index contributed by atoms with van der Waals surface area (Å²) in [4.78, 5) is -0.140. The first-order valence-corrected chi connectivity index (χ1v) is 7.66. The third-order valence-electron chi connectivity index (χ3n) is 2.57. The van der Waals surface area contributed by atoms with Crippen LogP contribution in [0.4, 0.5) is 10.1 Å². The second-order valence-corrected chi connectivity index (χ2v) is 6.58. The Morgan fingerprint density at radius 1 is 1.50 bits per heavy atom. The van der Waals surface area contributed by atoms with Crippen molar-refractivity contribution < 1.29 is 12.8 Å². The number of nitrogens with one attached hydrogen (secondary N) is 1. The van der Waals surface area contributed by atoms with Gasteiger partial charge in [0.25, 0.3) is 0 Å². The lowest BCUT2D eigenvalue weighted by molar-refractivity contribution is 0.576. The summed E-state index contributed by atoms with van der Waals surface area (Å²) in [6, 6.07) is 2.06. The highest BCUT2D eigenvalue weighted by molar-refractivity contribution is 9.10. The largest absolute Gasteiger partial charge is 0.396 e. The first kappa shape index (κ1) is 14.9. The van der Waals surface area contributed by atoms with Crippen molar-refractivity contribution in [3.8, 4) is 0 Å². The molecule has 0 aliphatic rings. The SMILES string of the molecule is Cn1cnnc1CNS(=O)(=O)c1cc(N)c(F)cc1Br. The van der Waals surface area contributed by atoms with Crippen LogP contribution in [0.5, 0.6) is 0 Å². The van der Waals surface area contributed by atoms with E-state index in [-0.39, 0.29) is 21.6 Å². The quantitative estimate of drug-likeness (QED) is 0.781. The van der Waals surface area contributed by atoms with E-state index in [1.54, 1.807) is 11.6 Å². The molecule has 1 aromatic carbocycles. The van der Waals surface area contributed by atoms with Crippen LogP contribution >= 0.6 is 15.9 Å². The highest BCUT2D eigenvalue weighted by atomic mass is 79.9. The summed E-state index contributed by atoms with van der Waals surface area (Å²) in [6.07, 6.45) is 1.45. The van der Waals surface area contributed by atoms with E-state index in [0.29, 0.717) is 5.82 Å². The predicted molar refractivity (Wildman–Crippen MR) is 73.5 cm³/mol. The molecule has 0 atom stereocenters. The molecule has 0 fully saturated rings. The molecular weight excluding hydrogens is 353 g/mol. The normalized spacial score (nSPS) is 11.8. The van der Waals surface area contributed by atoms with E-state index in [0.717, 1.165) is 12.1 Å². The van der Waals surface area contributed by atoms with Gasteiger partial charge in [-0.05, 0) is 28.1 Å². The molecule has 0 saturated heterocycles. The first-order chi connectivity index (χ1) is 9.31. The number of sulfonamides is 1. The molecule has 1 aromatic heterocycles. The number of benzene rings is 1. The smallest absolute Gasteiger partial charge is 0.242 e. The molecule has 2 rings (SSSR count). The molecule has 0 spiro atoms. The van der Waals surface area contributed by atoms with Crippen molar-refractivity contribution in [3.05, 3.63) is 34.6 Å². The van der Waals surface area contributed by atoms with Gasteiger partial charge < -0.3 is 10.3 Å². The Labute approximate surface area is 123 Å². The van der Waals surface area contributed by atoms with E-state index in [1.807, 2.05) is 0 Å². The van der Waals surface area contributed by atoms with Crippen molar-refractivity contribution >= 4 is 31.6 Å². The monoisotopic (exact) mass is 363 g/mol. The number of hydrogen-bond acceptors (Lipinski definition) is 5. The van der Waals surface area contributed by atoms with Gasteiger partial charge in [0, 0.05) is 11.5 Å². The fourth-order valence-electron chi connectivity index (χ4n) is 1.46. The second-order valence-electron chi connectivity index (χ2n) is 3.99. The molecule has 0 aliphatic heterocycles. The number of aryl methyl sites for hydroxylation is 1. The van der Waals surface area contributed by atoms with Crippen LogP contribution in [0.2, 0.25) is 0 Å². The van der Waals surface area contributed by atoms with Crippen LogP contribution in [0.15, 0.2) is 27.8 Å². The fraction of sp³-hybridized carbons (Fsp3) is 0.200. The average molecular weight is 364 g/mol. The van der Waals surface area contributed by atoms with E-state index in [2.05, 4.69) is 30.8 Å². The maximum Gasteiger partial charge on any atom is 0.242 e. The number of aromatic nitrogens is 3. The molecule has 108 valence electrons. The zero-order chi connectivity index (χ0) is 14.9. The first-order valence-electron chi connectivity index (χ1n) is 5.38. The van der Waals surface area contributed by atoms with Crippen molar-refractivity contribution in [2.45, 2.75) is 11.4 Å². The highest BCUT2D eigenvalue weighted by Gasteiger charge is 2.20. The Balaban J connectivity index is 2.27. The highest BCUT2D eigenvalue weighted by Crippen LogP contribution is 2.26. The predicted octanol–water partition coefficient (Wildman–Crippen LogP) is 0.777. The van der Waals surface area contributed by atoms with Gasteiger partial charge in [-0.15, -0.1) is 10.2 Å². The van der Waals surface area contributed by atoms with Crippen LogP contribution < -0.4 is 10.5 Å². The van der Waals surface area contributed by atoms with Crippen LogP contribution in [-0.2, 0) is 23.6 Å². The summed E-state index contributed by atoms with van der Waals surface area (Å²) >= 11 is 3.00. The molecule has 2 aromatic rings. The van der Waals surface area contributed by atoms with Crippen LogP contribution in [0.3, 0.4) is 0 Å². The summed E-state index contributed by atoms with van der Waals surface area (Å²) in [5.41, 5.74) is 5.14. The Bertz CT molecular complexity index is 746. The van der Waals surface area contributed by atoms with E-state index < -0.39 is 15.8 Å². The van der Waals surface area contributed by atoms with E-state index in [4.69, 9.17) is 5.73 Å². The second kappa shape index (κ2) is 5.46. The molecule has 3 N–H and O–H groups in total. The zero-order valence-electron chi connectivity index (χ0n) is 10.3. The summed E-state index contributed by atoms with van der Waals surface area (Å²) in [6.45, 7) is -0.0391. The summed E-state index contributed by atoms with van der Waals surface area (Å²) < 4.78 is 41.5. The van der Waals surface area contributed by atoms with Gasteiger partial charge in [0.1, 0.15) is 18.0 Å². The molecule has 0 unspecified atom stereocenters. The van der Waals surface area contributed by atoms with Gasteiger partial charge in [-0.1, -0.05) is 0 Å². The number of nitrogens with zero attached hydrogens (tertiary/aromatic N) is 3. The number of hydrogen-bond donors (Lipinski definition) is 2. The third-order valence-corrected chi connectivity index (χ3v) is 4.93. The molecule has 10 heteroatoms. The van der Waals surface area contributed by atoms with E-state index in [9.17, 15) is 12.8 Å². The Hall–Kier alpha value is -1.52. The standard InChI is InChI=1S/C10H11BrFN5O2S/c1-17-5-14-16-10(17)4-15-20(18,19)9-3-8(13)7(12)2-6(9)11/h2-3,5,15H,4,13H2,1H3. The topological polar surface area (TPSA) is 103 Å². The maximum atomic E-state index is 13.2. The Kier molecular flexibility index (Phi) is 4.06. The average Bonchev–Trinajstić information content (AvgIpc) is 2.77. The number of rotatable bonds is 4. The lowest BCUT2D eigenvalue weighted by Gasteiger charge is -2.09. The van der Waals surface area contributed by atoms with Crippen LogP contribution in [0, 0.1) is 5.82 Å². The molecule has 20 heavy (non-hydrogen) atoms. The van der Waals surface area contributed by atoms with E-state index in [1.165, 1.54) is 6.33 Å². The van der Waals surface area contributed by atoms with Crippen molar-refractivity contribution in [1.82, 2.24) is 19.5 Å². The van der Waals surface area contributed by atoms with Crippen LogP contribution in [-0.4, -0.2) is 23.2 Å². The Morgan fingerprint density at radius 2 is 2.20 bits per heavy atom. The Morgan fingerprint density at radius 3 is 2.80 bits per heavy atom. The van der Waals surface area contributed by atoms with Crippen molar-refractivity contribution in [2.24, 2.45) is 7.05 Å². The minimum Gasteiger partial charge on any atom is -0.396 e. The third kappa shape index (κ3) is 2.97. The lowest BCUT2D eigenvalue weighted by Crippen LogP contribution is -2.25. The lowest BCUT2D eigenvalue weighted by atomic mass is 10.3. The molecule has 0 saturated carbocycles. The molecular formula is C10H11BrFN5O2S. The van der Waals surface area contributed by atoms with Crippen molar-refractivity contribution in [3.63, 3.8) is 0 Å². The molecule has 0 amide bonds. The van der Waals surface area contributed by atoms with Gasteiger partial charge in [-0.3, -0.25) is 0 Å². The molecule has 1 heterocycles. The van der Waals surface area contributed by atoms with Crippen LogP contribution in [0.25, 0.3) is 0 Å². The minimum absolute atomic E-state index is 0.0391. The fourth-order valence-corrected chi connectivity index (χ4v) is 3.48. The van der Waals surface area contributed by atoms with Crippen LogP contribution in [0.1, 0.15) is 5.82 Å². The number of nitrogens with two attached hydrogens (primary N) is 1. The van der Waals surface area contributed by atoms with Gasteiger partial charge in [-0.2, -0.15) is 0 Å². The maximum absolute atomic E-state index is 13.2. The van der Waals surface area contributed by atoms with Gasteiger partial charge in [-0.25, -0.2) is 17.5 Å². The number of nitrogen functional groups attached to an aromatic ring is 1. The van der Waals surface area contributed by atoms with Gasteiger partial charge >= 0.3 is 0 Å². The summed E-state index contributed by atoms with van der Waals surface area (Å²) in [7, 11) is -2.16. The minimum atomic E-state index is -3.85. The molecule has 0 radical (unpaired) electrons. The number of anilines is 1. The van der Waals surface area contributed by atoms with Gasteiger partial charge in [0.05, 0.1) is 17.1 Å².